The Morgan fingerprint density at radius 1 is 1.38 bits per heavy atom. The molecular formula is C10H8Cl2S. The van der Waals surface area contributed by atoms with E-state index < -0.39 is 0 Å². The lowest BCUT2D eigenvalue weighted by Crippen LogP contribution is -1.76. The Hall–Kier alpha value is -0.240. The van der Waals surface area contributed by atoms with Crippen molar-refractivity contribution in [3.8, 4) is 0 Å². The van der Waals surface area contributed by atoms with Crippen molar-refractivity contribution >= 4 is 44.6 Å². The molecule has 0 fully saturated rings. The number of fused-ring (bicyclic) bond motifs is 1. The molecule has 2 aromatic rings. The molecule has 2 rings (SSSR count). The van der Waals surface area contributed by atoms with Gasteiger partial charge < -0.3 is 0 Å². The quantitative estimate of drug-likeness (QED) is 0.629. The van der Waals surface area contributed by atoms with Crippen LogP contribution in [0.15, 0.2) is 18.2 Å². The Morgan fingerprint density at radius 2 is 2.15 bits per heavy atom. The number of thiophene rings is 1. The molecule has 13 heavy (non-hydrogen) atoms. The number of hydrogen-bond donors (Lipinski definition) is 0. The van der Waals surface area contributed by atoms with Crippen LogP contribution in [0.3, 0.4) is 0 Å². The second-order valence-electron chi connectivity index (χ2n) is 2.91. The minimum absolute atomic E-state index is 0.562. The number of halogens is 2. The normalized spacial score (nSPS) is 11.0. The first-order chi connectivity index (χ1) is 6.22. The van der Waals surface area contributed by atoms with Crippen molar-refractivity contribution in [2.24, 2.45) is 0 Å². The highest BCUT2D eigenvalue weighted by atomic mass is 35.5. The molecule has 1 heterocycles. The fourth-order valence-corrected chi connectivity index (χ4v) is 3.07. The standard InChI is InChI=1S/C10H8Cl2S/c1-6-9(5-11)8-4-7(12)2-3-10(8)13-6/h2-4H,5H2,1H3. The average molecular weight is 231 g/mol. The maximum absolute atomic E-state index is 5.92. The summed E-state index contributed by atoms with van der Waals surface area (Å²) in [6.07, 6.45) is 0. The van der Waals surface area contributed by atoms with Gasteiger partial charge in [0.2, 0.25) is 0 Å². The van der Waals surface area contributed by atoms with Crippen LogP contribution >= 0.6 is 34.5 Å². The van der Waals surface area contributed by atoms with Gasteiger partial charge in [0.05, 0.1) is 0 Å². The maximum atomic E-state index is 5.92. The summed E-state index contributed by atoms with van der Waals surface area (Å²) in [5.74, 6) is 0.562. The summed E-state index contributed by atoms with van der Waals surface area (Å²) in [5, 5.41) is 1.97. The van der Waals surface area contributed by atoms with Gasteiger partial charge in [0, 0.05) is 20.5 Å². The third-order valence-corrected chi connectivity index (χ3v) is 3.72. The van der Waals surface area contributed by atoms with E-state index in [1.807, 2.05) is 18.2 Å². The van der Waals surface area contributed by atoms with Crippen LogP contribution in [-0.4, -0.2) is 0 Å². The van der Waals surface area contributed by atoms with Crippen LogP contribution < -0.4 is 0 Å². The van der Waals surface area contributed by atoms with Crippen LogP contribution in [0.4, 0.5) is 0 Å². The van der Waals surface area contributed by atoms with Crippen LogP contribution in [0, 0.1) is 6.92 Å². The molecule has 0 saturated heterocycles. The van der Waals surface area contributed by atoms with Crippen LogP contribution in [0.1, 0.15) is 10.4 Å². The molecule has 0 bridgehead atoms. The van der Waals surface area contributed by atoms with Crippen molar-refractivity contribution in [2.75, 3.05) is 0 Å². The van der Waals surface area contributed by atoms with Crippen molar-refractivity contribution < 1.29 is 0 Å². The van der Waals surface area contributed by atoms with E-state index in [2.05, 4.69) is 6.92 Å². The largest absolute Gasteiger partial charge is 0.140 e. The summed E-state index contributed by atoms with van der Waals surface area (Å²) >= 11 is 13.6. The highest BCUT2D eigenvalue weighted by Gasteiger charge is 2.07. The van der Waals surface area contributed by atoms with E-state index in [1.54, 1.807) is 11.3 Å². The van der Waals surface area contributed by atoms with E-state index in [-0.39, 0.29) is 0 Å². The fraction of sp³-hybridized carbons (Fsp3) is 0.200. The van der Waals surface area contributed by atoms with Crippen LogP contribution in [0.25, 0.3) is 10.1 Å². The summed E-state index contributed by atoms with van der Waals surface area (Å²) in [6, 6.07) is 5.95. The summed E-state index contributed by atoms with van der Waals surface area (Å²) in [6.45, 7) is 2.09. The Morgan fingerprint density at radius 3 is 2.85 bits per heavy atom. The molecule has 3 heteroatoms. The Balaban J connectivity index is 2.80. The smallest absolute Gasteiger partial charge is 0.0491 e. The Bertz CT molecular complexity index is 445. The lowest BCUT2D eigenvalue weighted by molar-refractivity contribution is 1.41. The van der Waals surface area contributed by atoms with Gasteiger partial charge in [-0.1, -0.05) is 11.6 Å². The zero-order chi connectivity index (χ0) is 9.42. The molecule has 0 nitrogen and oxygen atoms in total. The monoisotopic (exact) mass is 230 g/mol. The average Bonchev–Trinajstić information content (AvgIpc) is 2.40. The predicted molar refractivity (Wildman–Crippen MR) is 61.1 cm³/mol. The molecule has 0 unspecified atom stereocenters. The second-order valence-corrected chi connectivity index (χ2v) is 4.87. The zero-order valence-electron chi connectivity index (χ0n) is 7.10. The third-order valence-electron chi connectivity index (χ3n) is 2.09. The van der Waals surface area contributed by atoms with Crippen molar-refractivity contribution in [3.63, 3.8) is 0 Å². The number of hydrogen-bond acceptors (Lipinski definition) is 1. The molecule has 68 valence electrons. The molecule has 0 atom stereocenters. The van der Waals surface area contributed by atoms with E-state index >= 15 is 0 Å². The number of benzene rings is 1. The number of rotatable bonds is 1. The molecule has 0 radical (unpaired) electrons. The summed E-state index contributed by atoms with van der Waals surface area (Å²) in [5.41, 5.74) is 1.21. The highest BCUT2D eigenvalue weighted by molar-refractivity contribution is 7.19. The van der Waals surface area contributed by atoms with Crippen LogP contribution in [0.2, 0.25) is 5.02 Å². The van der Waals surface area contributed by atoms with Gasteiger partial charge >= 0.3 is 0 Å². The Kier molecular flexibility index (Phi) is 2.50. The lowest BCUT2D eigenvalue weighted by atomic mass is 10.1. The van der Waals surface area contributed by atoms with Crippen molar-refractivity contribution in [3.05, 3.63) is 33.7 Å². The predicted octanol–water partition coefficient (Wildman–Crippen LogP) is 4.60. The molecule has 0 N–H and O–H groups in total. The van der Waals surface area contributed by atoms with E-state index in [9.17, 15) is 0 Å². The van der Waals surface area contributed by atoms with Gasteiger partial charge in [-0.3, -0.25) is 0 Å². The SMILES string of the molecule is Cc1sc2ccc(Cl)cc2c1CCl. The summed E-state index contributed by atoms with van der Waals surface area (Å²) in [4.78, 5) is 1.28. The minimum Gasteiger partial charge on any atom is -0.140 e. The number of alkyl halides is 1. The minimum atomic E-state index is 0.562. The first-order valence-corrected chi connectivity index (χ1v) is 5.69. The molecule has 0 saturated carbocycles. The van der Waals surface area contributed by atoms with Crippen molar-refractivity contribution in [1.82, 2.24) is 0 Å². The van der Waals surface area contributed by atoms with Crippen LogP contribution in [-0.2, 0) is 5.88 Å². The molecule has 0 amide bonds. The fourth-order valence-electron chi connectivity index (χ4n) is 1.41. The van der Waals surface area contributed by atoms with Gasteiger partial charge in [-0.05, 0) is 36.1 Å². The topological polar surface area (TPSA) is 0 Å². The molecular weight excluding hydrogens is 223 g/mol. The van der Waals surface area contributed by atoms with Crippen LogP contribution in [0.5, 0.6) is 0 Å². The van der Waals surface area contributed by atoms with Gasteiger partial charge in [0.15, 0.2) is 0 Å². The van der Waals surface area contributed by atoms with E-state index in [4.69, 9.17) is 23.2 Å². The lowest BCUT2D eigenvalue weighted by Gasteiger charge is -1.94. The first-order valence-electron chi connectivity index (χ1n) is 3.96. The van der Waals surface area contributed by atoms with Gasteiger partial charge in [-0.2, -0.15) is 0 Å². The summed E-state index contributed by atoms with van der Waals surface area (Å²) < 4.78 is 1.26. The van der Waals surface area contributed by atoms with E-state index in [0.717, 1.165) is 5.02 Å². The number of aryl methyl sites for hydroxylation is 1. The first kappa shape index (κ1) is 9.32. The molecule has 0 spiro atoms. The Labute approximate surface area is 91.1 Å². The summed E-state index contributed by atoms with van der Waals surface area (Å²) in [7, 11) is 0. The van der Waals surface area contributed by atoms with Gasteiger partial charge in [-0.15, -0.1) is 22.9 Å². The molecule has 1 aromatic carbocycles. The molecule has 1 aromatic heterocycles. The highest BCUT2D eigenvalue weighted by Crippen LogP contribution is 2.33. The molecule has 0 aliphatic heterocycles. The second kappa shape index (κ2) is 3.49. The van der Waals surface area contributed by atoms with Gasteiger partial charge in [-0.25, -0.2) is 0 Å². The molecule has 0 aliphatic rings. The maximum Gasteiger partial charge on any atom is 0.0491 e. The van der Waals surface area contributed by atoms with Gasteiger partial charge in [0.1, 0.15) is 0 Å². The zero-order valence-corrected chi connectivity index (χ0v) is 9.43. The molecule has 0 aliphatic carbocycles. The van der Waals surface area contributed by atoms with E-state index in [1.165, 1.54) is 20.5 Å². The van der Waals surface area contributed by atoms with Crippen molar-refractivity contribution in [1.29, 1.82) is 0 Å². The van der Waals surface area contributed by atoms with E-state index in [0.29, 0.717) is 5.88 Å². The third kappa shape index (κ3) is 1.56. The van der Waals surface area contributed by atoms with Crippen molar-refractivity contribution in [2.45, 2.75) is 12.8 Å². The van der Waals surface area contributed by atoms with Gasteiger partial charge in [0.25, 0.3) is 0 Å².